The number of aryl methyl sites for hydroxylation is 2. The van der Waals surface area contributed by atoms with Gasteiger partial charge in [-0.2, -0.15) is 0 Å². The molecule has 0 amide bonds. The van der Waals surface area contributed by atoms with E-state index in [1.54, 1.807) is 16.8 Å². The van der Waals surface area contributed by atoms with E-state index in [4.69, 9.17) is 0 Å². The molecule has 3 rings (SSSR count). The standard InChI is InChI=1S/C19H25N3O2/c1-16-5-2-6-17(15-16)21-13-11-20(12-14-21)8-4-10-22-9-3-7-18(23)19(22)24/h2-3,5-7,9,15,23H,4,8,10-14H2,1H3. The Morgan fingerprint density at radius 1 is 1.04 bits per heavy atom. The molecule has 5 nitrogen and oxygen atoms in total. The average molecular weight is 327 g/mol. The third-order valence-electron chi connectivity index (χ3n) is 4.61. The fourth-order valence-electron chi connectivity index (χ4n) is 3.22. The van der Waals surface area contributed by atoms with Gasteiger partial charge in [-0.1, -0.05) is 12.1 Å². The Hall–Kier alpha value is -2.27. The van der Waals surface area contributed by atoms with Crippen molar-refractivity contribution in [2.45, 2.75) is 19.9 Å². The summed E-state index contributed by atoms with van der Waals surface area (Å²) in [6.45, 7) is 7.91. The molecule has 1 fully saturated rings. The quantitative estimate of drug-likeness (QED) is 0.913. The zero-order valence-electron chi connectivity index (χ0n) is 14.2. The van der Waals surface area contributed by atoms with Gasteiger partial charge < -0.3 is 14.6 Å². The first kappa shape index (κ1) is 16.6. The first-order valence-corrected chi connectivity index (χ1v) is 8.56. The molecule has 128 valence electrons. The first-order valence-electron chi connectivity index (χ1n) is 8.56. The van der Waals surface area contributed by atoms with Crippen LogP contribution >= 0.6 is 0 Å². The van der Waals surface area contributed by atoms with Crippen molar-refractivity contribution in [3.63, 3.8) is 0 Å². The molecule has 1 saturated heterocycles. The summed E-state index contributed by atoms with van der Waals surface area (Å²) in [5.41, 5.74) is 2.30. The van der Waals surface area contributed by atoms with Gasteiger partial charge in [-0.25, -0.2) is 0 Å². The van der Waals surface area contributed by atoms with Gasteiger partial charge >= 0.3 is 0 Å². The van der Waals surface area contributed by atoms with E-state index in [-0.39, 0.29) is 11.3 Å². The minimum Gasteiger partial charge on any atom is -0.503 e. The molecule has 2 aromatic rings. The van der Waals surface area contributed by atoms with Crippen molar-refractivity contribution in [2.75, 3.05) is 37.6 Å². The molecule has 0 aliphatic carbocycles. The van der Waals surface area contributed by atoms with Crippen LogP contribution in [-0.4, -0.2) is 47.3 Å². The van der Waals surface area contributed by atoms with Crippen LogP contribution in [-0.2, 0) is 6.54 Å². The molecule has 0 radical (unpaired) electrons. The van der Waals surface area contributed by atoms with Crippen LogP contribution in [0.2, 0.25) is 0 Å². The van der Waals surface area contributed by atoms with Crippen LogP contribution in [0.3, 0.4) is 0 Å². The molecular formula is C19H25N3O2. The van der Waals surface area contributed by atoms with Gasteiger partial charge in [0.15, 0.2) is 5.75 Å². The van der Waals surface area contributed by atoms with Crippen LogP contribution < -0.4 is 10.5 Å². The zero-order valence-corrected chi connectivity index (χ0v) is 14.2. The van der Waals surface area contributed by atoms with E-state index in [1.807, 2.05) is 0 Å². The van der Waals surface area contributed by atoms with Gasteiger partial charge in [-0.15, -0.1) is 0 Å². The van der Waals surface area contributed by atoms with Gasteiger partial charge in [0, 0.05) is 44.6 Å². The summed E-state index contributed by atoms with van der Waals surface area (Å²) in [5, 5.41) is 9.46. The second kappa shape index (κ2) is 7.53. The highest BCUT2D eigenvalue weighted by Gasteiger charge is 2.16. The topological polar surface area (TPSA) is 48.7 Å². The Bertz CT molecular complexity index is 733. The number of aromatic hydroxyl groups is 1. The lowest BCUT2D eigenvalue weighted by atomic mass is 10.2. The summed E-state index contributed by atoms with van der Waals surface area (Å²) in [4.78, 5) is 16.6. The number of pyridine rings is 1. The van der Waals surface area contributed by atoms with Crippen LogP contribution in [0, 0.1) is 6.92 Å². The van der Waals surface area contributed by atoms with Gasteiger partial charge in [0.2, 0.25) is 0 Å². The van der Waals surface area contributed by atoms with Gasteiger partial charge in [-0.05, 0) is 49.7 Å². The van der Waals surface area contributed by atoms with Crippen LogP contribution in [0.15, 0.2) is 47.4 Å². The lowest BCUT2D eigenvalue weighted by Crippen LogP contribution is -2.46. The van der Waals surface area contributed by atoms with Gasteiger partial charge in [-0.3, -0.25) is 9.69 Å². The third kappa shape index (κ3) is 3.97. The molecule has 0 saturated carbocycles. The van der Waals surface area contributed by atoms with Gasteiger partial charge in [0.25, 0.3) is 5.56 Å². The van der Waals surface area contributed by atoms with Gasteiger partial charge in [0.05, 0.1) is 0 Å². The number of hydrogen-bond acceptors (Lipinski definition) is 4. The van der Waals surface area contributed by atoms with Crippen molar-refractivity contribution in [1.82, 2.24) is 9.47 Å². The van der Waals surface area contributed by atoms with Crippen molar-refractivity contribution in [3.8, 4) is 5.75 Å². The molecule has 1 aromatic carbocycles. The Kier molecular flexibility index (Phi) is 5.20. The highest BCUT2D eigenvalue weighted by Crippen LogP contribution is 2.17. The SMILES string of the molecule is Cc1cccc(N2CCN(CCCn3cccc(O)c3=O)CC2)c1. The minimum atomic E-state index is -0.304. The van der Waals surface area contributed by atoms with E-state index in [0.717, 1.165) is 39.1 Å². The Labute approximate surface area is 142 Å². The van der Waals surface area contributed by atoms with E-state index in [1.165, 1.54) is 17.3 Å². The molecule has 0 spiro atoms. The smallest absolute Gasteiger partial charge is 0.292 e. The second-order valence-corrected chi connectivity index (χ2v) is 6.41. The highest BCUT2D eigenvalue weighted by atomic mass is 16.3. The third-order valence-corrected chi connectivity index (χ3v) is 4.61. The fourth-order valence-corrected chi connectivity index (χ4v) is 3.22. The second-order valence-electron chi connectivity index (χ2n) is 6.41. The molecule has 0 atom stereocenters. The number of piperazine rings is 1. The Morgan fingerprint density at radius 2 is 1.83 bits per heavy atom. The first-order chi connectivity index (χ1) is 11.6. The molecule has 1 aliphatic rings. The summed E-state index contributed by atoms with van der Waals surface area (Å²) in [7, 11) is 0. The number of benzene rings is 1. The van der Waals surface area contributed by atoms with Crippen LogP contribution in [0.25, 0.3) is 0 Å². The van der Waals surface area contributed by atoms with Crippen molar-refractivity contribution >= 4 is 5.69 Å². The van der Waals surface area contributed by atoms with E-state index in [0.29, 0.717) is 6.54 Å². The number of aromatic nitrogens is 1. The average Bonchev–Trinajstić information content (AvgIpc) is 2.59. The van der Waals surface area contributed by atoms with Crippen LogP contribution in [0.1, 0.15) is 12.0 Å². The van der Waals surface area contributed by atoms with E-state index >= 15 is 0 Å². The lowest BCUT2D eigenvalue weighted by molar-refractivity contribution is 0.250. The summed E-state index contributed by atoms with van der Waals surface area (Å²) in [6.07, 6.45) is 2.64. The van der Waals surface area contributed by atoms with Crippen molar-refractivity contribution in [2.24, 2.45) is 0 Å². The molecule has 1 N–H and O–H groups in total. The number of hydrogen-bond donors (Lipinski definition) is 1. The molecule has 1 aromatic heterocycles. The molecule has 2 heterocycles. The summed E-state index contributed by atoms with van der Waals surface area (Å²) in [5.74, 6) is -0.177. The number of rotatable bonds is 5. The van der Waals surface area contributed by atoms with Crippen LogP contribution in [0.5, 0.6) is 5.75 Å². The Balaban J connectivity index is 1.46. The van der Waals surface area contributed by atoms with Crippen molar-refractivity contribution < 1.29 is 5.11 Å². The molecular weight excluding hydrogens is 302 g/mol. The van der Waals surface area contributed by atoms with Crippen molar-refractivity contribution in [3.05, 3.63) is 58.5 Å². The largest absolute Gasteiger partial charge is 0.503 e. The maximum Gasteiger partial charge on any atom is 0.292 e. The predicted molar refractivity (Wildman–Crippen MR) is 96.8 cm³/mol. The summed E-state index contributed by atoms with van der Waals surface area (Å²) < 4.78 is 1.58. The van der Waals surface area contributed by atoms with Crippen molar-refractivity contribution in [1.29, 1.82) is 0 Å². The molecule has 0 unspecified atom stereocenters. The molecule has 1 aliphatic heterocycles. The summed E-state index contributed by atoms with van der Waals surface area (Å²) >= 11 is 0. The van der Waals surface area contributed by atoms with E-state index in [9.17, 15) is 9.90 Å². The minimum absolute atomic E-state index is 0.177. The monoisotopic (exact) mass is 327 g/mol. The molecule has 5 heteroatoms. The van der Waals surface area contributed by atoms with Gasteiger partial charge in [0.1, 0.15) is 0 Å². The fraction of sp³-hybridized carbons (Fsp3) is 0.421. The number of nitrogens with zero attached hydrogens (tertiary/aromatic N) is 3. The number of anilines is 1. The maximum atomic E-state index is 11.8. The van der Waals surface area contributed by atoms with E-state index < -0.39 is 0 Å². The Morgan fingerprint density at radius 3 is 2.58 bits per heavy atom. The van der Waals surface area contributed by atoms with E-state index in [2.05, 4.69) is 41.0 Å². The molecule has 0 bridgehead atoms. The predicted octanol–water partition coefficient (Wildman–Crippen LogP) is 2.07. The van der Waals surface area contributed by atoms with Crippen LogP contribution in [0.4, 0.5) is 5.69 Å². The normalized spacial score (nSPS) is 15.6. The zero-order chi connectivity index (χ0) is 16.9. The highest BCUT2D eigenvalue weighted by molar-refractivity contribution is 5.48. The maximum absolute atomic E-state index is 11.8. The summed E-state index contributed by atoms with van der Waals surface area (Å²) in [6, 6.07) is 11.8. The molecule has 24 heavy (non-hydrogen) atoms. The lowest BCUT2D eigenvalue weighted by Gasteiger charge is -2.36.